The molecule has 0 radical (unpaired) electrons. The minimum atomic E-state index is -0.521. The number of hydrogen-bond acceptors (Lipinski definition) is 5. The van der Waals surface area contributed by atoms with Gasteiger partial charge in [0.15, 0.2) is 5.96 Å². The van der Waals surface area contributed by atoms with Crippen LogP contribution in [0.2, 0.25) is 0 Å². The molecule has 0 aliphatic rings. The molecule has 0 fully saturated rings. The normalized spacial score (nSPS) is 12.7. The summed E-state index contributed by atoms with van der Waals surface area (Å²) in [6, 6.07) is 0. The van der Waals surface area contributed by atoms with E-state index in [9.17, 15) is 4.79 Å². The Balaban J connectivity index is 2.58. The van der Waals surface area contributed by atoms with E-state index in [1.165, 1.54) is 4.88 Å². The number of carbonyl (C=O) groups excluding carboxylic acids is 1. The third-order valence-electron chi connectivity index (χ3n) is 3.46. The zero-order valence-electron chi connectivity index (χ0n) is 17.9. The number of aryl methyl sites for hydroxylation is 2. The molecule has 0 spiro atoms. The predicted molar refractivity (Wildman–Crippen MR) is 113 cm³/mol. The van der Waals surface area contributed by atoms with Gasteiger partial charge < -0.3 is 20.7 Å². The van der Waals surface area contributed by atoms with Gasteiger partial charge in [-0.05, 0) is 55.4 Å². The summed E-state index contributed by atoms with van der Waals surface area (Å²) in [7, 11) is 0. The van der Waals surface area contributed by atoms with Crippen LogP contribution in [0.15, 0.2) is 4.99 Å². The first kappa shape index (κ1) is 23.2. The van der Waals surface area contributed by atoms with Gasteiger partial charge in [-0.3, -0.25) is 4.99 Å². The number of alkyl carbamates (subject to hydrolysis) is 1. The fraction of sp³-hybridized carbons (Fsp3) is 0.737. The second-order valence-corrected chi connectivity index (χ2v) is 9.41. The molecule has 27 heavy (non-hydrogen) atoms. The lowest BCUT2D eigenvalue weighted by Gasteiger charge is -2.27. The Hall–Kier alpha value is -1.83. The van der Waals surface area contributed by atoms with Crippen molar-refractivity contribution in [1.29, 1.82) is 0 Å². The van der Waals surface area contributed by atoms with Crippen LogP contribution in [0.25, 0.3) is 0 Å². The first-order chi connectivity index (χ1) is 12.4. The Bertz CT molecular complexity index is 647. The summed E-state index contributed by atoms with van der Waals surface area (Å²) in [4.78, 5) is 22.3. The molecule has 1 rings (SSSR count). The molecule has 1 aromatic rings. The molecular formula is C19H35N5O2S. The third kappa shape index (κ3) is 9.60. The zero-order valence-corrected chi connectivity index (χ0v) is 18.8. The highest BCUT2D eigenvalue weighted by Gasteiger charge is 2.24. The largest absolute Gasteiger partial charge is 0.444 e. The van der Waals surface area contributed by atoms with Gasteiger partial charge >= 0.3 is 6.09 Å². The monoisotopic (exact) mass is 397 g/mol. The van der Waals surface area contributed by atoms with Crippen molar-refractivity contribution in [2.75, 3.05) is 19.6 Å². The SMILES string of the molecule is CCNC(=NCC(C)(C)NC(=O)OC(C)(C)C)NCCc1sc(C)nc1C. The molecule has 0 saturated heterocycles. The molecule has 0 unspecified atom stereocenters. The lowest BCUT2D eigenvalue weighted by Crippen LogP contribution is -2.49. The Labute approximate surface area is 167 Å². The van der Waals surface area contributed by atoms with Crippen molar-refractivity contribution in [2.24, 2.45) is 4.99 Å². The summed E-state index contributed by atoms with van der Waals surface area (Å²) in [5, 5.41) is 10.5. The Morgan fingerprint density at radius 2 is 1.85 bits per heavy atom. The average Bonchev–Trinajstić information content (AvgIpc) is 2.80. The molecule has 3 N–H and O–H groups in total. The van der Waals surface area contributed by atoms with E-state index in [-0.39, 0.29) is 0 Å². The predicted octanol–water partition coefficient (Wildman–Crippen LogP) is 3.16. The minimum absolute atomic E-state index is 0.431. The smallest absolute Gasteiger partial charge is 0.408 e. The molecule has 1 aromatic heterocycles. The fourth-order valence-electron chi connectivity index (χ4n) is 2.34. The summed E-state index contributed by atoms with van der Waals surface area (Å²) in [6.07, 6.45) is 0.470. The van der Waals surface area contributed by atoms with Gasteiger partial charge in [0.2, 0.25) is 0 Å². The number of hydrogen-bond donors (Lipinski definition) is 3. The van der Waals surface area contributed by atoms with Gasteiger partial charge in [-0.2, -0.15) is 0 Å². The summed E-state index contributed by atoms with van der Waals surface area (Å²) in [5.74, 6) is 0.732. The Morgan fingerprint density at radius 1 is 1.19 bits per heavy atom. The number of nitrogens with zero attached hydrogens (tertiary/aromatic N) is 2. The molecule has 154 valence electrons. The van der Waals surface area contributed by atoms with Crippen LogP contribution in [-0.4, -0.2) is 47.8 Å². The number of nitrogens with one attached hydrogen (secondary N) is 3. The number of carbonyl (C=O) groups is 1. The Morgan fingerprint density at radius 3 is 2.37 bits per heavy atom. The lowest BCUT2D eigenvalue weighted by atomic mass is 10.1. The van der Waals surface area contributed by atoms with Gasteiger partial charge in [0.1, 0.15) is 5.60 Å². The van der Waals surface area contributed by atoms with Crippen LogP contribution in [0.5, 0.6) is 0 Å². The van der Waals surface area contributed by atoms with E-state index in [2.05, 4.69) is 25.9 Å². The quantitative estimate of drug-likeness (QED) is 0.486. The number of ether oxygens (including phenoxy) is 1. The third-order valence-corrected chi connectivity index (χ3v) is 4.59. The van der Waals surface area contributed by atoms with Crippen molar-refractivity contribution in [2.45, 2.75) is 73.0 Å². The first-order valence-corrected chi connectivity index (χ1v) is 10.2. The summed E-state index contributed by atoms with van der Waals surface area (Å²) in [6.45, 7) is 17.5. The van der Waals surface area contributed by atoms with Crippen molar-refractivity contribution < 1.29 is 9.53 Å². The van der Waals surface area contributed by atoms with E-state index in [0.29, 0.717) is 6.54 Å². The van der Waals surface area contributed by atoms with Gasteiger partial charge in [-0.25, -0.2) is 9.78 Å². The summed E-state index contributed by atoms with van der Waals surface area (Å²) in [5.41, 5.74) is 0.0623. The van der Waals surface area contributed by atoms with Gasteiger partial charge in [-0.1, -0.05) is 0 Å². The number of amides is 1. The molecule has 0 bridgehead atoms. The van der Waals surface area contributed by atoms with E-state index >= 15 is 0 Å². The van der Waals surface area contributed by atoms with Crippen molar-refractivity contribution in [3.05, 3.63) is 15.6 Å². The number of guanidine groups is 1. The summed E-state index contributed by atoms with van der Waals surface area (Å²) < 4.78 is 5.32. The Kier molecular flexibility index (Phi) is 8.53. The van der Waals surface area contributed by atoms with Gasteiger partial charge in [0.05, 0.1) is 22.8 Å². The molecule has 1 heterocycles. The van der Waals surface area contributed by atoms with Crippen LogP contribution < -0.4 is 16.0 Å². The maximum Gasteiger partial charge on any atom is 0.408 e. The fourth-order valence-corrected chi connectivity index (χ4v) is 3.27. The van der Waals surface area contributed by atoms with E-state index in [1.807, 2.05) is 55.4 Å². The molecule has 1 amide bonds. The highest BCUT2D eigenvalue weighted by Crippen LogP contribution is 2.17. The lowest BCUT2D eigenvalue weighted by molar-refractivity contribution is 0.0476. The molecule has 0 aromatic carbocycles. The highest BCUT2D eigenvalue weighted by atomic mass is 32.1. The van der Waals surface area contributed by atoms with Crippen molar-refractivity contribution in [1.82, 2.24) is 20.9 Å². The maximum atomic E-state index is 12.0. The van der Waals surface area contributed by atoms with Gasteiger partial charge in [0, 0.05) is 24.4 Å². The molecule has 0 saturated carbocycles. The number of aromatic nitrogens is 1. The molecule has 0 aliphatic heterocycles. The molecular weight excluding hydrogens is 362 g/mol. The van der Waals surface area contributed by atoms with E-state index < -0.39 is 17.2 Å². The van der Waals surface area contributed by atoms with Crippen LogP contribution in [0.4, 0.5) is 4.79 Å². The number of aliphatic imine (C=N–C) groups is 1. The van der Waals surface area contributed by atoms with Crippen LogP contribution in [0.3, 0.4) is 0 Å². The minimum Gasteiger partial charge on any atom is -0.444 e. The van der Waals surface area contributed by atoms with Gasteiger partial charge in [-0.15, -0.1) is 11.3 Å². The molecule has 7 nitrogen and oxygen atoms in total. The topological polar surface area (TPSA) is 87.6 Å². The van der Waals surface area contributed by atoms with Crippen LogP contribution >= 0.6 is 11.3 Å². The molecule has 0 aliphatic carbocycles. The van der Waals surface area contributed by atoms with Gasteiger partial charge in [0.25, 0.3) is 0 Å². The second kappa shape index (κ2) is 9.92. The van der Waals surface area contributed by atoms with Crippen molar-refractivity contribution >= 4 is 23.4 Å². The maximum absolute atomic E-state index is 12.0. The van der Waals surface area contributed by atoms with Crippen molar-refractivity contribution in [3.63, 3.8) is 0 Å². The molecule has 8 heteroatoms. The van der Waals surface area contributed by atoms with E-state index in [0.717, 1.165) is 36.2 Å². The average molecular weight is 398 g/mol. The number of thiazole rings is 1. The number of rotatable bonds is 7. The van der Waals surface area contributed by atoms with Crippen LogP contribution in [-0.2, 0) is 11.2 Å². The van der Waals surface area contributed by atoms with E-state index in [1.54, 1.807) is 11.3 Å². The molecule has 0 atom stereocenters. The van der Waals surface area contributed by atoms with Crippen LogP contribution in [0, 0.1) is 13.8 Å². The zero-order chi connectivity index (χ0) is 20.7. The van der Waals surface area contributed by atoms with Crippen molar-refractivity contribution in [3.8, 4) is 0 Å². The standard InChI is InChI=1S/C19H35N5O2S/c1-9-20-16(21-11-10-15-13(2)23-14(3)27-15)22-12-19(7,8)24-17(25)26-18(4,5)6/h9-12H2,1-8H3,(H,24,25)(H2,20,21,22). The first-order valence-electron chi connectivity index (χ1n) is 9.38. The van der Waals surface area contributed by atoms with E-state index in [4.69, 9.17) is 4.74 Å². The van der Waals surface area contributed by atoms with Crippen LogP contribution in [0.1, 0.15) is 57.1 Å². The highest BCUT2D eigenvalue weighted by molar-refractivity contribution is 7.11. The second-order valence-electron chi connectivity index (χ2n) is 8.12. The summed E-state index contributed by atoms with van der Waals surface area (Å²) >= 11 is 1.74.